The Morgan fingerprint density at radius 3 is 2.80 bits per heavy atom. The van der Waals surface area contributed by atoms with Gasteiger partial charge >= 0.3 is 0 Å². The zero-order valence-corrected chi connectivity index (χ0v) is 12.5. The molecule has 0 spiro atoms. The van der Waals surface area contributed by atoms with Gasteiger partial charge in [-0.2, -0.15) is 5.10 Å². The number of aryl methyl sites for hydroxylation is 1. The molecule has 6 heteroatoms. The lowest BCUT2D eigenvalue weighted by molar-refractivity contribution is 0.799. The molecule has 0 saturated heterocycles. The van der Waals surface area contributed by atoms with Crippen LogP contribution in [-0.2, 0) is 0 Å². The highest BCUT2D eigenvalue weighted by atomic mass is 35.5. The van der Waals surface area contributed by atoms with Gasteiger partial charge in [0.25, 0.3) is 0 Å². The zero-order chi connectivity index (χ0) is 14.1. The van der Waals surface area contributed by atoms with Gasteiger partial charge in [0.05, 0.1) is 16.9 Å². The van der Waals surface area contributed by atoms with E-state index in [1.54, 1.807) is 10.9 Å². The summed E-state index contributed by atoms with van der Waals surface area (Å²) in [5, 5.41) is 8.37. The highest BCUT2D eigenvalue weighted by Gasteiger charge is 2.27. The summed E-state index contributed by atoms with van der Waals surface area (Å²) in [5.74, 6) is 3.05. The van der Waals surface area contributed by atoms with E-state index in [-0.39, 0.29) is 0 Å². The summed E-state index contributed by atoms with van der Waals surface area (Å²) < 4.78 is 1.72. The van der Waals surface area contributed by atoms with Gasteiger partial charge in [0.15, 0.2) is 5.82 Å². The molecule has 2 heterocycles. The van der Waals surface area contributed by atoms with Crippen LogP contribution in [0, 0.1) is 6.92 Å². The molecule has 0 atom stereocenters. The van der Waals surface area contributed by atoms with Gasteiger partial charge in [-0.05, 0) is 26.2 Å². The molecule has 1 fully saturated rings. The lowest BCUT2D eigenvalue weighted by Crippen LogP contribution is -2.08. The maximum Gasteiger partial charge on any atom is 0.159 e. The van der Waals surface area contributed by atoms with E-state index in [2.05, 4.69) is 27.3 Å². The number of anilines is 1. The Bertz CT molecular complexity index is 599. The fourth-order valence-corrected chi connectivity index (χ4v) is 2.12. The molecule has 1 saturated carbocycles. The van der Waals surface area contributed by atoms with Crippen LogP contribution in [0.15, 0.2) is 12.3 Å². The molecule has 3 rings (SSSR count). The average molecular weight is 292 g/mol. The van der Waals surface area contributed by atoms with Crippen LogP contribution in [0.4, 0.5) is 5.82 Å². The lowest BCUT2D eigenvalue weighted by Gasteiger charge is -2.09. The lowest BCUT2D eigenvalue weighted by atomic mass is 10.3. The van der Waals surface area contributed by atoms with Crippen LogP contribution in [0.5, 0.6) is 0 Å². The number of hydrogen-bond donors (Lipinski definition) is 1. The Labute approximate surface area is 123 Å². The molecule has 0 unspecified atom stereocenters. The molecule has 0 radical (unpaired) electrons. The molecule has 0 amide bonds. The summed E-state index contributed by atoms with van der Waals surface area (Å²) in [5.41, 5.74) is 0.807. The van der Waals surface area contributed by atoms with E-state index in [0.29, 0.717) is 10.9 Å². The van der Waals surface area contributed by atoms with Crippen LogP contribution in [0.1, 0.15) is 43.6 Å². The van der Waals surface area contributed by atoms with E-state index in [1.807, 2.05) is 13.0 Å². The molecular weight excluding hydrogens is 274 g/mol. The average Bonchev–Trinajstić information content (AvgIpc) is 3.23. The number of hydrogen-bond acceptors (Lipinski definition) is 4. The van der Waals surface area contributed by atoms with Crippen molar-refractivity contribution in [1.82, 2.24) is 19.7 Å². The van der Waals surface area contributed by atoms with Crippen molar-refractivity contribution in [3.8, 4) is 5.82 Å². The van der Waals surface area contributed by atoms with Gasteiger partial charge in [-0.1, -0.05) is 18.5 Å². The third-order valence-corrected chi connectivity index (χ3v) is 3.67. The van der Waals surface area contributed by atoms with Crippen LogP contribution in [0.2, 0.25) is 5.02 Å². The van der Waals surface area contributed by atoms with Crippen molar-refractivity contribution in [2.75, 3.05) is 11.9 Å². The first-order valence-electron chi connectivity index (χ1n) is 7.02. The summed E-state index contributed by atoms with van der Waals surface area (Å²) in [6.07, 6.45) is 5.20. The molecule has 0 bridgehead atoms. The minimum Gasteiger partial charge on any atom is -0.370 e. The predicted octanol–water partition coefficient (Wildman–Crippen LogP) is 3.32. The second-order valence-electron chi connectivity index (χ2n) is 5.18. The van der Waals surface area contributed by atoms with Crippen LogP contribution in [-0.4, -0.2) is 26.3 Å². The van der Waals surface area contributed by atoms with Gasteiger partial charge in [0, 0.05) is 18.5 Å². The fraction of sp³-hybridized carbons (Fsp3) is 0.500. The van der Waals surface area contributed by atoms with Crippen molar-refractivity contribution in [1.29, 1.82) is 0 Å². The van der Waals surface area contributed by atoms with E-state index >= 15 is 0 Å². The third kappa shape index (κ3) is 2.77. The summed E-state index contributed by atoms with van der Waals surface area (Å²) in [6, 6.07) is 1.92. The summed E-state index contributed by atoms with van der Waals surface area (Å²) >= 11 is 6.07. The topological polar surface area (TPSA) is 55.6 Å². The Hall–Kier alpha value is -1.62. The van der Waals surface area contributed by atoms with E-state index in [1.165, 1.54) is 12.8 Å². The van der Waals surface area contributed by atoms with Crippen molar-refractivity contribution in [2.45, 2.75) is 39.0 Å². The standard InChI is InChI=1S/C14H18ClN5/c1-3-6-16-12-7-13(18-14(17-12)10-4-5-10)20-8-11(15)9(2)19-20/h7-8,10H,3-6H2,1-2H3,(H,16,17,18). The predicted molar refractivity (Wildman–Crippen MR) is 79.7 cm³/mol. The van der Waals surface area contributed by atoms with Gasteiger partial charge in [0.2, 0.25) is 0 Å². The van der Waals surface area contributed by atoms with Crippen LogP contribution in [0.25, 0.3) is 5.82 Å². The highest BCUT2D eigenvalue weighted by Crippen LogP contribution is 2.38. The molecule has 0 aliphatic heterocycles. The number of nitrogens with one attached hydrogen (secondary N) is 1. The van der Waals surface area contributed by atoms with Gasteiger partial charge < -0.3 is 5.32 Å². The second kappa shape index (κ2) is 5.40. The van der Waals surface area contributed by atoms with E-state index in [9.17, 15) is 0 Å². The van der Waals surface area contributed by atoms with Crippen molar-refractivity contribution in [3.63, 3.8) is 0 Å². The number of aromatic nitrogens is 4. The molecule has 106 valence electrons. The number of nitrogens with zero attached hydrogens (tertiary/aromatic N) is 4. The SMILES string of the molecule is CCCNc1cc(-n2cc(Cl)c(C)n2)nc(C2CC2)n1. The van der Waals surface area contributed by atoms with Gasteiger partial charge in [-0.15, -0.1) is 0 Å². The molecule has 2 aromatic heterocycles. The summed E-state index contributed by atoms with van der Waals surface area (Å²) in [4.78, 5) is 9.21. The molecule has 20 heavy (non-hydrogen) atoms. The van der Waals surface area contributed by atoms with Crippen LogP contribution >= 0.6 is 11.6 Å². The molecule has 2 aromatic rings. The van der Waals surface area contributed by atoms with Gasteiger partial charge in [-0.25, -0.2) is 14.6 Å². The minimum atomic E-state index is 0.504. The number of halogens is 1. The first kappa shape index (κ1) is 13.4. The van der Waals surface area contributed by atoms with Gasteiger partial charge in [-0.3, -0.25) is 0 Å². The quantitative estimate of drug-likeness (QED) is 0.918. The fourth-order valence-electron chi connectivity index (χ4n) is 1.99. The van der Waals surface area contributed by atoms with E-state index in [4.69, 9.17) is 11.6 Å². The van der Waals surface area contributed by atoms with Crippen molar-refractivity contribution in [3.05, 3.63) is 28.8 Å². The Morgan fingerprint density at radius 1 is 1.40 bits per heavy atom. The third-order valence-electron chi connectivity index (χ3n) is 3.30. The van der Waals surface area contributed by atoms with Crippen molar-refractivity contribution in [2.24, 2.45) is 0 Å². The second-order valence-corrected chi connectivity index (χ2v) is 5.58. The van der Waals surface area contributed by atoms with Crippen molar-refractivity contribution < 1.29 is 0 Å². The van der Waals surface area contributed by atoms with Crippen LogP contribution in [0.3, 0.4) is 0 Å². The van der Waals surface area contributed by atoms with Crippen LogP contribution < -0.4 is 5.32 Å². The Balaban J connectivity index is 1.97. The maximum absolute atomic E-state index is 6.07. The van der Waals surface area contributed by atoms with Crippen molar-refractivity contribution >= 4 is 17.4 Å². The van der Waals surface area contributed by atoms with E-state index < -0.39 is 0 Å². The molecule has 1 N–H and O–H groups in total. The smallest absolute Gasteiger partial charge is 0.159 e. The molecule has 1 aliphatic carbocycles. The Kier molecular flexibility index (Phi) is 3.61. The minimum absolute atomic E-state index is 0.504. The molecule has 5 nitrogen and oxygen atoms in total. The van der Waals surface area contributed by atoms with Gasteiger partial charge in [0.1, 0.15) is 11.6 Å². The largest absolute Gasteiger partial charge is 0.370 e. The number of rotatable bonds is 5. The molecule has 0 aromatic carbocycles. The highest BCUT2D eigenvalue weighted by molar-refractivity contribution is 6.31. The van der Waals surface area contributed by atoms with E-state index in [0.717, 1.165) is 36.1 Å². The Morgan fingerprint density at radius 2 is 2.20 bits per heavy atom. The first-order valence-corrected chi connectivity index (χ1v) is 7.40. The molecule has 1 aliphatic rings. The molecular formula is C14H18ClN5. The first-order chi connectivity index (χ1) is 9.67. The summed E-state index contributed by atoms with van der Waals surface area (Å²) in [6.45, 7) is 4.92. The normalized spacial score (nSPS) is 14.6. The summed E-state index contributed by atoms with van der Waals surface area (Å²) in [7, 11) is 0. The monoisotopic (exact) mass is 291 g/mol. The maximum atomic E-state index is 6.07. The zero-order valence-electron chi connectivity index (χ0n) is 11.7.